The van der Waals surface area contributed by atoms with E-state index in [0.717, 1.165) is 11.1 Å². The van der Waals surface area contributed by atoms with E-state index in [1.807, 2.05) is 32.0 Å². The van der Waals surface area contributed by atoms with E-state index in [4.69, 9.17) is 17.3 Å². The van der Waals surface area contributed by atoms with Crippen molar-refractivity contribution in [1.29, 1.82) is 0 Å². The summed E-state index contributed by atoms with van der Waals surface area (Å²) in [5.74, 6) is -0.324. The third-order valence-electron chi connectivity index (χ3n) is 3.39. The molecule has 6 nitrogen and oxygen atoms in total. The van der Waals surface area contributed by atoms with Crippen molar-refractivity contribution >= 4 is 34.9 Å². The maximum absolute atomic E-state index is 12.5. The minimum absolute atomic E-state index is 0.324. The Kier molecular flexibility index (Phi) is 6.38. The van der Waals surface area contributed by atoms with E-state index in [9.17, 15) is 9.59 Å². The Morgan fingerprint density at radius 1 is 1.04 bits per heavy atom. The molecule has 0 bridgehead atoms. The molecule has 0 aromatic heterocycles. The highest BCUT2D eigenvalue weighted by atomic mass is 35.5. The van der Waals surface area contributed by atoms with Gasteiger partial charge in [0, 0.05) is 35.1 Å². The predicted octanol–water partition coefficient (Wildman–Crippen LogP) is 3.50. The molecule has 0 aliphatic heterocycles. The molecule has 25 heavy (non-hydrogen) atoms. The number of urea groups is 1. The average molecular weight is 361 g/mol. The second-order valence-electron chi connectivity index (χ2n) is 5.58. The fourth-order valence-corrected chi connectivity index (χ4v) is 2.62. The molecule has 0 fully saturated rings. The van der Waals surface area contributed by atoms with Crippen LogP contribution < -0.4 is 21.7 Å². The van der Waals surface area contributed by atoms with E-state index in [-0.39, 0.29) is 11.9 Å². The molecule has 7 heteroatoms. The van der Waals surface area contributed by atoms with Crippen LogP contribution in [0.5, 0.6) is 0 Å². The van der Waals surface area contributed by atoms with Gasteiger partial charge in [-0.1, -0.05) is 17.7 Å². The van der Waals surface area contributed by atoms with Gasteiger partial charge in [-0.25, -0.2) is 4.79 Å². The molecule has 0 unspecified atom stereocenters. The lowest BCUT2D eigenvalue weighted by Gasteiger charge is -2.11. The number of rotatable bonds is 5. The number of carbonyl (C=O) groups is 2. The molecule has 0 saturated carbocycles. The highest BCUT2D eigenvalue weighted by Crippen LogP contribution is 2.21. The summed E-state index contributed by atoms with van der Waals surface area (Å²) in [4.78, 5) is 24.1. The zero-order chi connectivity index (χ0) is 18.4. The van der Waals surface area contributed by atoms with Crippen LogP contribution in [0.1, 0.15) is 28.4 Å². The van der Waals surface area contributed by atoms with Gasteiger partial charge in [0.2, 0.25) is 0 Å². The molecule has 3 amide bonds. The SMILES string of the molecule is CCNC(=O)Nc1cc(Cl)cc(C(=O)Nc2cc(C)cc(CN)c2)c1. The van der Waals surface area contributed by atoms with Crippen LogP contribution in [-0.2, 0) is 6.54 Å². The van der Waals surface area contributed by atoms with Crippen molar-refractivity contribution in [2.24, 2.45) is 5.73 Å². The van der Waals surface area contributed by atoms with Gasteiger partial charge in [-0.2, -0.15) is 0 Å². The number of anilines is 2. The van der Waals surface area contributed by atoms with Crippen molar-refractivity contribution < 1.29 is 9.59 Å². The van der Waals surface area contributed by atoms with E-state index in [1.54, 1.807) is 18.2 Å². The van der Waals surface area contributed by atoms with Gasteiger partial charge in [-0.15, -0.1) is 0 Å². The quantitative estimate of drug-likeness (QED) is 0.657. The number of nitrogens with one attached hydrogen (secondary N) is 3. The smallest absolute Gasteiger partial charge is 0.319 e. The number of hydrogen-bond donors (Lipinski definition) is 4. The minimum atomic E-state index is -0.359. The predicted molar refractivity (Wildman–Crippen MR) is 101 cm³/mol. The fraction of sp³-hybridized carbons (Fsp3) is 0.222. The first-order valence-electron chi connectivity index (χ1n) is 7.88. The third kappa shape index (κ3) is 5.48. The first kappa shape index (κ1) is 18.8. The molecule has 0 spiro atoms. The first-order chi connectivity index (χ1) is 11.9. The standard InChI is InChI=1S/C18H21ClN4O2/c1-3-21-18(25)23-16-8-13(7-14(19)9-16)17(24)22-15-5-11(2)4-12(6-15)10-20/h4-9H,3,10,20H2,1-2H3,(H,22,24)(H2,21,23,25). The number of aryl methyl sites for hydroxylation is 1. The number of benzene rings is 2. The lowest BCUT2D eigenvalue weighted by Crippen LogP contribution is -2.28. The molecule has 0 heterocycles. The summed E-state index contributed by atoms with van der Waals surface area (Å²) in [6.07, 6.45) is 0. The van der Waals surface area contributed by atoms with Crippen molar-refractivity contribution in [3.05, 3.63) is 58.1 Å². The van der Waals surface area contributed by atoms with Gasteiger partial charge >= 0.3 is 6.03 Å². The Balaban J connectivity index is 2.20. The summed E-state index contributed by atoms with van der Waals surface area (Å²) in [6, 6.07) is 9.96. The molecule has 0 atom stereocenters. The molecule has 0 aliphatic carbocycles. The Hall–Kier alpha value is -2.57. The van der Waals surface area contributed by atoms with Gasteiger partial charge in [0.05, 0.1) is 0 Å². The molecular formula is C18H21ClN4O2. The van der Waals surface area contributed by atoms with E-state index >= 15 is 0 Å². The zero-order valence-corrected chi connectivity index (χ0v) is 14.9. The fourth-order valence-electron chi connectivity index (χ4n) is 2.38. The highest BCUT2D eigenvalue weighted by Gasteiger charge is 2.11. The van der Waals surface area contributed by atoms with Gasteiger partial charge < -0.3 is 21.7 Å². The molecule has 0 radical (unpaired) electrons. The topological polar surface area (TPSA) is 96.2 Å². The van der Waals surface area contributed by atoms with E-state index in [0.29, 0.717) is 35.1 Å². The van der Waals surface area contributed by atoms with Crippen molar-refractivity contribution in [3.63, 3.8) is 0 Å². The minimum Gasteiger partial charge on any atom is -0.338 e. The second-order valence-corrected chi connectivity index (χ2v) is 6.02. The Bertz CT molecular complexity index is 793. The molecule has 0 aliphatic rings. The monoisotopic (exact) mass is 360 g/mol. The highest BCUT2D eigenvalue weighted by molar-refractivity contribution is 6.31. The lowest BCUT2D eigenvalue weighted by atomic mass is 10.1. The van der Waals surface area contributed by atoms with Crippen LogP contribution in [0.4, 0.5) is 16.2 Å². The van der Waals surface area contributed by atoms with E-state index in [2.05, 4.69) is 16.0 Å². The van der Waals surface area contributed by atoms with Gasteiger partial charge in [0.25, 0.3) is 5.91 Å². The third-order valence-corrected chi connectivity index (χ3v) is 3.60. The zero-order valence-electron chi connectivity index (χ0n) is 14.2. The van der Waals surface area contributed by atoms with Crippen LogP contribution >= 0.6 is 11.6 Å². The van der Waals surface area contributed by atoms with Crippen molar-refractivity contribution in [3.8, 4) is 0 Å². The summed E-state index contributed by atoms with van der Waals surface area (Å²) < 4.78 is 0. The Morgan fingerprint density at radius 3 is 2.44 bits per heavy atom. The van der Waals surface area contributed by atoms with Crippen molar-refractivity contribution in [2.75, 3.05) is 17.2 Å². The largest absolute Gasteiger partial charge is 0.338 e. The molecule has 0 saturated heterocycles. The van der Waals surface area contributed by atoms with Crippen molar-refractivity contribution in [2.45, 2.75) is 20.4 Å². The van der Waals surface area contributed by atoms with Gasteiger partial charge in [-0.05, 0) is 55.3 Å². The van der Waals surface area contributed by atoms with Crippen LogP contribution in [0.3, 0.4) is 0 Å². The molecular weight excluding hydrogens is 340 g/mol. The summed E-state index contributed by atoms with van der Waals surface area (Å²) in [5.41, 5.74) is 9.04. The number of amides is 3. The summed E-state index contributed by atoms with van der Waals surface area (Å²) in [5, 5.41) is 8.43. The summed E-state index contributed by atoms with van der Waals surface area (Å²) >= 11 is 6.06. The molecule has 2 aromatic carbocycles. The van der Waals surface area contributed by atoms with Crippen LogP contribution in [0, 0.1) is 6.92 Å². The average Bonchev–Trinajstić information content (AvgIpc) is 2.53. The Labute approximate surface area is 151 Å². The summed E-state index contributed by atoms with van der Waals surface area (Å²) in [6.45, 7) is 4.63. The van der Waals surface area contributed by atoms with Crippen LogP contribution in [0.15, 0.2) is 36.4 Å². The van der Waals surface area contributed by atoms with E-state index < -0.39 is 0 Å². The molecule has 132 valence electrons. The molecule has 5 N–H and O–H groups in total. The normalized spacial score (nSPS) is 10.2. The van der Waals surface area contributed by atoms with Crippen molar-refractivity contribution in [1.82, 2.24) is 5.32 Å². The van der Waals surface area contributed by atoms with Crippen LogP contribution in [-0.4, -0.2) is 18.5 Å². The van der Waals surface area contributed by atoms with E-state index in [1.165, 1.54) is 0 Å². The van der Waals surface area contributed by atoms with Crippen LogP contribution in [0.25, 0.3) is 0 Å². The lowest BCUT2D eigenvalue weighted by molar-refractivity contribution is 0.102. The molecule has 2 aromatic rings. The summed E-state index contributed by atoms with van der Waals surface area (Å²) in [7, 11) is 0. The number of carbonyl (C=O) groups excluding carboxylic acids is 2. The van der Waals surface area contributed by atoms with Gasteiger partial charge in [0.15, 0.2) is 0 Å². The van der Waals surface area contributed by atoms with Crippen LogP contribution in [0.2, 0.25) is 5.02 Å². The second kappa shape index (κ2) is 8.50. The maximum Gasteiger partial charge on any atom is 0.319 e. The number of hydrogen-bond acceptors (Lipinski definition) is 3. The molecule has 2 rings (SSSR count). The first-order valence-corrected chi connectivity index (χ1v) is 8.26. The maximum atomic E-state index is 12.5. The van der Waals surface area contributed by atoms with Gasteiger partial charge in [-0.3, -0.25) is 4.79 Å². The number of halogens is 1. The number of nitrogens with two attached hydrogens (primary N) is 1. The Morgan fingerprint density at radius 2 is 1.76 bits per heavy atom. The van der Waals surface area contributed by atoms with Gasteiger partial charge in [0.1, 0.15) is 0 Å².